The zero-order chi connectivity index (χ0) is 14.0. The van der Waals surface area contributed by atoms with Gasteiger partial charge in [-0.15, -0.1) is 11.3 Å². The number of hydrogen-bond acceptors (Lipinski definition) is 3. The minimum Gasteiger partial charge on any atom is -0.375 e. The molecular formula is C13H11Cl2NO2S. The van der Waals surface area contributed by atoms with Gasteiger partial charge in [-0.1, -0.05) is 29.3 Å². The summed E-state index contributed by atoms with van der Waals surface area (Å²) in [6.07, 6.45) is 0. The number of carbonyl (C=O) groups is 1. The molecule has 6 heteroatoms. The lowest BCUT2D eigenvalue weighted by molar-refractivity contribution is -0.132. The van der Waals surface area contributed by atoms with Gasteiger partial charge in [0.25, 0.3) is 5.91 Å². The van der Waals surface area contributed by atoms with Gasteiger partial charge in [0.2, 0.25) is 0 Å². The van der Waals surface area contributed by atoms with Gasteiger partial charge < -0.3 is 10.4 Å². The van der Waals surface area contributed by atoms with Crippen LogP contribution in [0.25, 0.3) is 0 Å². The average molecular weight is 316 g/mol. The average Bonchev–Trinajstić information content (AvgIpc) is 2.88. The maximum atomic E-state index is 12.1. The molecule has 2 rings (SSSR count). The van der Waals surface area contributed by atoms with E-state index in [1.165, 1.54) is 24.3 Å². The van der Waals surface area contributed by atoms with E-state index in [-0.39, 0.29) is 0 Å². The lowest BCUT2D eigenvalue weighted by atomic mass is 10.0. The third kappa shape index (κ3) is 3.09. The van der Waals surface area contributed by atoms with E-state index in [9.17, 15) is 9.90 Å². The molecule has 1 unspecified atom stereocenters. The summed E-state index contributed by atoms with van der Waals surface area (Å²) in [4.78, 5) is 12.7. The highest BCUT2D eigenvalue weighted by Gasteiger charge is 2.33. The molecule has 0 saturated carbocycles. The van der Waals surface area contributed by atoms with Gasteiger partial charge in [-0.05, 0) is 36.6 Å². The smallest absolute Gasteiger partial charge is 0.261 e. The highest BCUT2D eigenvalue weighted by molar-refractivity contribution is 7.10. The Kier molecular flexibility index (Phi) is 4.16. The van der Waals surface area contributed by atoms with Crippen molar-refractivity contribution in [2.45, 2.75) is 12.5 Å². The van der Waals surface area contributed by atoms with Gasteiger partial charge in [-0.25, -0.2) is 0 Å². The SMILES string of the molecule is CC(O)(C(=O)Nc1ccc(Cl)c(Cl)c1)c1cccs1. The summed E-state index contributed by atoms with van der Waals surface area (Å²) < 4.78 is 0. The van der Waals surface area contributed by atoms with Crippen molar-refractivity contribution in [2.75, 3.05) is 5.32 Å². The first-order chi connectivity index (χ1) is 8.91. The fourth-order valence-corrected chi connectivity index (χ4v) is 2.58. The molecular weight excluding hydrogens is 305 g/mol. The van der Waals surface area contributed by atoms with Crippen LogP contribution in [0.5, 0.6) is 0 Å². The molecule has 2 aromatic rings. The quantitative estimate of drug-likeness (QED) is 0.902. The first kappa shape index (κ1) is 14.3. The van der Waals surface area contributed by atoms with Gasteiger partial charge in [-0.3, -0.25) is 4.79 Å². The van der Waals surface area contributed by atoms with E-state index < -0.39 is 11.5 Å². The molecule has 0 aliphatic heterocycles. The standard InChI is InChI=1S/C13H11Cl2NO2S/c1-13(18,11-3-2-6-19-11)12(17)16-8-4-5-9(14)10(15)7-8/h2-7,18H,1H3,(H,16,17). The molecule has 0 saturated heterocycles. The maximum Gasteiger partial charge on any atom is 0.261 e. The molecule has 100 valence electrons. The van der Waals surface area contributed by atoms with Gasteiger partial charge >= 0.3 is 0 Å². The largest absolute Gasteiger partial charge is 0.375 e. The minimum atomic E-state index is -1.58. The zero-order valence-electron chi connectivity index (χ0n) is 9.98. The molecule has 1 aromatic heterocycles. The second kappa shape index (κ2) is 5.51. The fourth-order valence-electron chi connectivity index (χ4n) is 1.49. The number of rotatable bonds is 3. The maximum absolute atomic E-state index is 12.1. The Bertz CT molecular complexity index is 597. The van der Waals surface area contributed by atoms with Crippen molar-refractivity contribution in [1.82, 2.24) is 0 Å². The Morgan fingerprint density at radius 2 is 2.05 bits per heavy atom. The minimum absolute atomic E-state index is 0.343. The first-order valence-electron chi connectivity index (χ1n) is 5.44. The van der Waals surface area contributed by atoms with Crippen molar-refractivity contribution in [2.24, 2.45) is 0 Å². The number of anilines is 1. The van der Waals surface area contributed by atoms with Crippen molar-refractivity contribution in [1.29, 1.82) is 0 Å². The predicted molar refractivity (Wildman–Crippen MR) is 79.0 cm³/mol. The monoisotopic (exact) mass is 315 g/mol. The zero-order valence-corrected chi connectivity index (χ0v) is 12.3. The van der Waals surface area contributed by atoms with E-state index >= 15 is 0 Å². The lowest BCUT2D eigenvalue weighted by Gasteiger charge is -2.21. The van der Waals surface area contributed by atoms with Gasteiger partial charge in [0, 0.05) is 10.6 Å². The number of aliphatic hydroxyl groups is 1. The van der Waals surface area contributed by atoms with E-state index in [0.29, 0.717) is 20.6 Å². The van der Waals surface area contributed by atoms with E-state index in [4.69, 9.17) is 23.2 Å². The number of halogens is 2. The van der Waals surface area contributed by atoms with Crippen LogP contribution in [0.4, 0.5) is 5.69 Å². The van der Waals surface area contributed by atoms with E-state index in [2.05, 4.69) is 5.32 Å². The van der Waals surface area contributed by atoms with Gasteiger partial charge in [0.05, 0.1) is 10.0 Å². The van der Waals surface area contributed by atoms with E-state index in [1.54, 1.807) is 29.6 Å². The molecule has 1 atom stereocenters. The number of nitrogens with one attached hydrogen (secondary N) is 1. The van der Waals surface area contributed by atoms with Gasteiger partial charge in [0.15, 0.2) is 5.60 Å². The number of thiophene rings is 1. The molecule has 0 radical (unpaired) electrons. The van der Waals surface area contributed by atoms with Crippen molar-refractivity contribution in [3.05, 3.63) is 50.6 Å². The Hall–Kier alpha value is -1.07. The fraction of sp³-hybridized carbons (Fsp3) is 0.154. The number of hydrogen-bond donors (Lipinski definition) is 2. The normalized spacial score (nSPS) is 13.9. The Morgan fingerprint density at radius 3 is 2.63 bits per heavy atom. The summed E-state index contributed by atoms with van der Waals surface area (Å²) in [5.74, 6) is -0.520. The Labute approximate surface area is 124 Å². The molecule has 0 bridgehead atoms. The van der Waals surface area contributed by atoms with Gasteiger partial charge in [-0.2, -0.15) is 0 Å². The molecule has 0 aliphatic carbocycles. The number of benzene rings is 1. The van der Waals surface area contributed by atoms with Crippen LogP contribution in [0.2, 0.25) is 10.0 Å². The van der Waals surface area contributed by atoms with E-state index in [0.717, 1.165) is 0 Å². The third-order valence-electron chi connectivity index (χ3n) is 2.62. The third-order valence-corrected chi connectivity index (χ3v) is 4.44. The van der Waals surface area contributed by atoms with Crippen LogP contribution in [0, 0.1) is 0 Å². The van der Waals surface area contributed by atoms with Crippen LogP contribution in [0.1, 0.15) is 11.8 Å². The molecule has 1 amide bonds. The number of carbonyl (C=O) groups excluding carboxylic acids is 1. The first-order valence-corrected chi connectivity index (χ1v) is 7.07. The summed E-state index contributed by atoms with van der Waals surface area (Å²) in [6.45, 7) is 1.45. The molecule has 0 fully saturated rings. The van der Waals surface area contributed by atoms with E-state index in [1.807, 2.05) is 0 Å². The molecule has 0 aliphatic rings. The van der Waals surface area contributed by atoms with Gasteiger partial charge in [0.1, 0.15) is 0 Å². The summed E-state index contributed by atoms with van der Waals surface area (Å²) in [5, 5.41) is 15.4. The van der Waals surface area contributed by atoms with Crippen LogP contribution in [-0.2, 0) is 10.4 Å². The topological polar surface area (TPSA) is 49.3 Å². The summed E-state index contributed by atoms with van der Waals surface area (Å²) in [5.41, 5.74) is -1.10. The van der Waals surface area contributed by atoms with Crippen molar-refractivity contribution >= 4 is 46.1 Å². The van der Waals surface area contributed by atoms with Crippen LogP contribution < -0.4 is 5.32 Å². The molecule has 1 heterocycles. The second-order valence-electron chi connectivity index (χ2n) is 4.13. The van der Waals surface area contributed by atoms with Crippen molar-refractivity contribution in [3.8, 4) is 0 Å². The van der Waals surface area contributed by atoms with Crippen molar-refractivity contribution in [3.63, 3.8) is 0 Å². The molecule has 1 aromatic carbocycles. The summed E-state index contributed by atoms with van der Waals surface area (Å²) >= 11 is 13.0. The van der Waals surface area contributed by atoms with Crippen LogP contribution in [0.3, 0.4) is 0 Å². The van der Waals surface area contributed by atoms with Crippen LogP contribution in [0.15, 0.2) is 35.7 Å². The lowest BCUT2D eigenvalue weighted by Crippen LogP contribution is -2.36. The Morgan fingerprint density at radius 1 is 1.32 bits per heavy atom. The second-order valence-corrected chi connectivity index (χ2v) is 5.89. The molecule has 0 spiro atoms. The summed E-state index contributed by atoms with van der Waals surface area (Å²) in [7, 11) is 0. The summed E-state index contributed by atoms with van der Waals surface area (Å²) in [6, 6.07) is 8.22. The number of amides is 1. The van der Waals surface area contributed by atoms with Crippen LogP contribution >= 0.6 is 34.5 Å². The van der Waals surface area contributed by atoms with Crippen molar-refractivity contribution < 1.29 is 9.90 Å². The molecule has 2 N–H and O–H groups in total. The molecule has 19 heavy (non-hydrogen) atoms. The highest BCUT2D eigenvalue weighted by atomic mass is 35.5. The molecule has 3 nitrogen and oxygen atoms in total. The Balaban J connectivity index is 2.19. The predicted octanol–water partition coefficient (Wildman–Crippen LogP) is 3.90. The van der Waals surface area contributed by atoms with Crippen LogP contribution in [-0.4, -0.2) is 11.0 Å². The highest BCUT2D eigenvalue weighted by Crippen LogP contribution is 2.29.